The number of nitro benzene ring substituents is 1. The van der Waals surface area contributed by atoms with Crippen molar-refractivity contribution in [3.8, 4) is 11.3 Å². The molecule has 8 nitrogen and oxygen atoms in total. The Labute approximate surface area is 111 Å². The number of nitrogens with one attached hydrogen (secondary N) is 1. The van der Waals surface area contributed by atoms with Crippen LogP contribution in [0.1, 0.15) is 0 Å². The van der Waals surface area contributed by atoms with Crippen molar-refractivity contribution >= 4 is 32.5 Å². The molecule has 2 rings (SSSR count). The number of para-hydroxylation sites is 1. The molecule has 1 aromatic carbocycles. The maximum absolute atomic E-state index is 10.9. The van der Waals surface area contributed by atoms with E-state index in [1.807, 2.05) is 0 Å². The average molecular weight is 301 g/mol. The van der Waals surface area contributed by atoms with Gasteiger partial charge in [-0.1, -0.05) is 12.1 Å². The van der Waals surface area contributed by atoms with Crippen molar-refractivity contribution in [1.82, 2.24) is 4.98 Å². The van der Waals surface area contributed by atoms with E-state index in [0.29, 0.717) is 0 Å². The molecular weight excluding hydrogens is 294 g/mol. The molecule has 19 heavy (non-hydrogen) atoms. The van der Waals surface area contributed by atoms with Crippen LogP contribution in [0.2, 0.25) is 0 Å². The van der Waals surface area contributed by atoms with E-state index in [1.165, 1.54) is 23.6 Å². The van der Waals surface area contributed by atoms with E-state index in [-0.39, 0.29) is 22.1 Å². The van der Waals surface area contributed by atoms with Crippen LogP contribution in [0.5, 0.6) is 0 Å². The first-order chi connectivity index (χ1) is 8.87. The second kappa shape index (κ2) is 4.91. The molecule has 0 unspecified atom stereocenters. The molecule has 1 heterocycles. The minimum Gasteiger partial charge on any atom is -0.269 e. The Hall–Kier alpha value is -2.04. The van der Waals surface area contributed by atoms with Gasteiger partial charge in [0.1, 0.15) is 0 Å². The van der Waals surface area contributed by atoms with Crippen LogP contribution in [-0.4, -0.2) is 22.9 Å². The molecule has 0 bridgehead atoms. The monoisotopic (exact) mass is 301 g/mol. The van der Waals surface area contributed by atoms with Gasteiger partial charge in [-0.2, -0.15) is 8.42 Å². The maximum Gasteiger partial charge on any atom is 0.359 e. The van der Waals surface area contributed by atoms with Crippen molar-refractivity contribution in [2.75, 3.05) is 4.72 Å². The van der Waals surface area contributed by atoms with Gasteiger partial charge in [0, 0.05) is 11.4 Å². The lowest BCUT2D eigenvalue weighted by Crippen LogP contribution is -2.09. The van der Waals surface area contributed by atoms with Crippen LogP contribution in [0.3, 0.4) is 0 Å². The first kappa shape index (κ1) is 13.4. The smallest absolute Gasteiger partial charge is 0.269 e. The highest BCUT2D eigenvalue weighted by Crippen LogP contribution is 2.31. The fourth-order valence-corrected chi connectivity index (χ4v) is 2.73. The minimum absolute atomic E-state index is 0.0735. The summed E-state index contributed by atoms with van der Waals surface area (Å²) in [6.45, 7) is 0. The van der Waals surface area contributed by atoms with Gasteiger partial charge < -0.3 is 0 Å². The Morgan fingerprint density at radius 2 is 2.05 bits per heavy atom. The van der Waals surface area contributed by atoms with E-state index in [2.05, 4.69) is 4.98 Å². The van der Waals surface area contributed by atoms with Crippen LogP contribution in [0, 0.1) is 10.1 Å². The third-order valence-electron chi connectivity index (χ3n) is 2.10. The van der Waals surface area contributed by atoms with Crippen LogP contribution in [0.25, 0.3) is 11.3 Å². The molecule has 0 fully saturated rings. The first-order valence-electron chi connectivity index (χ1n) is 4.81. The van der Waals surface area contributed by atoms with Crippen LogP contribution < -0.4 is 4.72 Å². The molecule has 2 aromatic rings. The predicted molar refractivity (Wildman–Crippen MR) is 69.4 cm³/mol. The number of nitro groups is 1. The minimum atomic E-state index is -4.41. The molecule has 0 saturated carbocycles. The molecule has 100 valence electrons. The second-order valence-electron chi connectivity index (χ2n) is 3.39. The highest BCUT2D eigenvalue weighted by Gasteiger charge is 2.17. The molecule has 0 radical (unpaired) electrons. The number of thiazole rings is 1. The molecule has 0 aliphatic carbocycles. The number of aromatic nitrogens is 1. The third-order valence-corrected chi connectivity index (χ3v) is 3.44. The summed E-state index contributed by atoms with van der Waals surface area (Å²) in [7, 11) is -4.41. The van der Waals surface area contributed by atoms with Crippen molar-refractivity contribution in [3.63, 3.8) is 0 Å². The Kier molecular flexibility index (Phi) is 3.46. The molecule has 0 atom stereocenters. The van der Waals surface area contributed by atoms with Crippen LogP contribution in [0.4, 0.5) is 10.8 Å². The number of hydrogen-bond acceptors (Lipinski definition) is 6. The van der Waals surface area contributed by atoms with Crippen molar-refractivity contribution in [2.24, 2.45) is 0 Å². The quantitative estimate of drug-likeness (QED) is 0.505. The van der Waals surface area contributed by atoms with Gasteiger partial charge in [-0.15, -0.1) is 11.3 Å². The van der Waals surface area contributed by atoms with Crippen LogP contribution in [0.15, 0.2) is 29.6 Å². The number of nitrogens with zero attached hydrogens (tertiary/aromatic N) is 2. The van der Waals surface area contributed by atoms with Crippen LogP contribution >= 0.6 is 11.3 Å². The number of anilines is 1. The van der Waals surface area contributed by atoms with E-state index in [4.69, 9.17) is 4.55 Å². The van der Waals surface area contributed by atoms with E-state index in [0.717, 1.165) is 11.3 Å². The van der Waals surface area contributed by atoms with Gasteiger partial charge in [-0.05, 0) is 6.07 Å². The van der Waals surface area contributed by atoms with E-state index in [1.54, 1.807) is 10.8 Å². The highest BCUT2D eigenvalue weighted by molar-refractivity contribution is 7.87. The largest absolute Gasteiger partial charge is 0.359 e. The molecular formula is C9H7N3O5S2. The van der Waals surface area contributed by atoms with Gasteiger partial charge in [0.15, 0.2) is 5.13 Å². The zero-order chi connectivity index (χ0) is 14.0. The summed E-state index contributed by atoms with van der Waals surface area (Å²) < 4.78 is 31.6. The molecule has 0 amide bonds. The standard InChI is InChI=1S/C9H7N3O5S2/c13-12(14)8-4-2-1-3-6(8)7-5-18-9(10-7)11-19(15,16)17/h1-5H,(H,10,11)(H,15,16,17). The third kappa shape index (κ3) is 3.24. The van der Waals surface area contributed by atoms with Crippen LogP contribution in [-0.2, 0) is 10.3 Å². The summed E-state index contributed by atoms with van der Waals surface area (Å²) >= 11 is 0.908. The molecule has 0 aliphatic rings. The topological polar surface area (TPSA) is 122 Å². The van der Waals surface area contributed by atoms with Gasteiger partial charge >= 0.3 is 10.3 Å². The Morgan fingerprint density at radius 1 is 1.37 bits per heavy atom. The predicted octanol–water partition coefficient (Wildman–Crippen LogP) is 1.93. The average Bonchev–Trinajstić information content (AvgIpc) is 2.75. The highest BCUT2D eigenvalue weighted by atomic mass is 32.2. The molecule has 0 spiro atoms. The van der Waals surface area contributed by atoms with Crippen molar-refractivity contribution in [1.29, 1.82) is 0 Å². The lowest BCUT2D eigenvalue weighted by Gasteiger charge is -1.99. The number of benzene rings is 1. The molecule has 2 N–H and O–H groups in total. The summed E-state index contributed by atoms with van der Waals surface area (Å²) in [4.78, 5) is 14.2. The molecule has 10 heteroatoms. The summed E-state index contributed by atoms with van der Waals surface area (Å²) in [5.74, 6) is 0. The van der Waals surface area contributed by atoms with Gasteiger partial charge in [0.2, 0.25) is 0 Å². The van der Waals surface area contributed by atoms with E-state index >= 15 is 0 Å². The summed E-state index contributed by atoms with van der Waals surface area (Å²) in [5.41, 5.74) is 0.391. The molecule has 0 saturated heterocycles. The summed E-state index contributed by atoms with van der Waals surface area (Å²) in [5, 5.41) is 12.2. The summed E-state index contributed by atoms with van der Waals surface area (Å²) in [6, 6.07) is 5.96. The van der Waals surface area contributed by atoms with Gasteiger partial charge in [-0.3, -0.25) is 14.7 Å². The van der Waals surface area contributed by atoms with E-state index in [9.17, 15) is 18.5 Å². The fraction of sp³-hybridized carbons (Fsp3) is 0. The zero-order valence-electron chi connectivity index (χ0n) is 9.18. The summed E-state index contributed by atoms with van der Waals surface area (Å²) in [6.07, 6.45) is 0. The fourth-order valence-electron chi connectivity index (χ4n) is 1.40. The second-order valence-corrected chi connectivity index (χ2v) is 5.40. The van der Waals surface area contributed by atoms with E-state index < -0.39 is 15.2 Å². The van der Waals surface area contributed by atoms with Crippen molar-refractivity contribution < 1.29 is 17.9 Å². The number of hydrogen-bond donors (Lipinski definition) is 2. The lowest BCUT2D eigenvalue weighted by atomic mass is 10.1. The normalized spacial score (nSPS) is 11.2. The van der Waals surface area contributed by atoms with Crippen molar-refractivity contribution in [2.45, 2.75) is 0 Å². The Balaban J connectivity index is 2.41. The lowest BCUT2D eigenvalue weighted by molar-refractivity contribution is -0.384. The first-order valence-corrected chi connectivity index (χ1v) is 7.13. The Bertz CT molecular complexity index is 725. The van der Waals surface area contributed by atoms with Gasteiger partial charge in [0.25, 0.3) is 5.69 Å². The van der Waals surface area contributed by atoms with Gasteiger partial charge in [-0.25, -0.2) is 9.71 Å². The zero-order valence-corrected chi connectivity index (χ0v) is 10.8. The van der Waals surface area contributed by atoms with Gasteiger partial charge in [0.05, 0.1) is 16.2 Å². The molecule has 0 aliphatic heterocycles. The Morgan fingerprint density at radius 3 is 2.68 bits per heavy atom. The molecule has 1 aromatic heterocycles. The van der Waals surface area contributed by atoms with Crippen molar-refractivity contribution in [3.05, 3.63) is 39.8 Å². The number of rotatable bonds is 4. The maximum atomic E-state index is 10.9. The SMILES string of the molecule is O=[N+]([O-])c1ccccc1-c1csc(NS(=O)(=O)O)n1.